The van der Waals surface area contributed by atoms with Crippen LogP contribution in [0.5, 0.6) is 11.8 Å². The van der Waals surface area contributed by atoms with E-state index in [0.29, 0.717) is 18.4 Å². The van der Waals surface area contributed by atoms with Gasteiger partial charge in [-0.05, 0) is 13.0 Å². The Hall–Kier alpha value is -1.36. The molecule has 0 fully saturated rings. The van der Waals surface area contributed by atoms with Crippen molar-refractivity contribution in [2.45, 2.75) is 13.3 Å². The van der Waals surface area contributed by atoms with Crippen molar-refractivity contribution in [3.63, 3.8) is 0 Å². The van der Waals surface area contributed by atoms with Crippen LogP contribution < -0.4 is 14.8 Å². The van der Waals surface area contributed by atoms with Crippen molar-refractivity contribution in [3.05, 3.63) is 12.4 Å². The van der Waals surface area contributed by atoms with Crippen molar-refractivity contribution in [1.29, 1.82) is 0 Å². The fourth-order valence-electron chi connectivity index (χ4n) is 1.03. The summed E-state index contributed by atoms with van der Waals surface area (Å²) in [4.78, 5) is 8.01. The summed E-state index contributed by atoms with van der Waals surface area (Å²) in [7, 11) is 1.55. The van der Waals surface area contributed by atoms with Crippen molar-refractivity contribution in [2.24, 2.45) is 0 Å². The monoisotopic (exact) mass is 211 g/mol. The van der Waals surface area contributed by atoms with Crippen LogP contribution in [0.1, 0.15) is 13.3 Å². The third-order valence-electron chi connectivity index (χ3n) is 1.76. The quantitative estimate of drug-likeness (QED) is 0.678. The van der Waals surface area contributed by atoms with E-state index in [1.165, 1.54) is 0 Å². The third kappa shape index (κ3) is 4.60. The van der Waals surface area contributed by atoms with Gasteiger partial charge in [-0.2, -0.15) is 4.98 Å². The minimum Gasteiger partial charge on any atom is -0.480 e. The van der Waals surface area contributed by atoms with Crippen LogP contribution in [0.15, 0.2) is 12.4 Å². The molecule has 15 heavy (non-hydrogen) atoms. The molecule has 0 aliphatic carbocycles. The maximum Gasteiger partial charge on any atom is 0.235 e. The topological polar surface area (TPSA) is 56.3 Å². The highest BCUT2D eigenvalue weighted by atomic mass is 16.5. The Morgan fingerprint density at radius 2 is 2.07 bits per heavy atom. The summed E-state index contributed by atoms with van der Waals surface area (Å²) in [5.74, 6) is 0.960. The van der Waals surface area contributed by atoms with E-state index < -0.39 is 0 Å². The van der Waals surface area contributed by atoms with E-state index in [2.05, 4.69) is 22.2 Å². The zero-order valence-corrected chi connectivity index (χ0v) is 9.19. The Morgan fingerprint density at radius 3 is 2.80 bits per heavy atom. The van der Waals surface area contributed by atoms with Crippen LogP contribution in [-0.2, 0) is 0 Å². The van der Waals surface area contributed by atoms with Gasteiger partial charge in [0, 0.05) is 6.54 Å². The second-order valence-electron chi connectivity index (χ2n) is 3.00. The number of nitrogens with zero attached hydrogens (tertiary/aromatic N) is 2. The van der Waals surface area contributed by atoms with Gasteiger partial charge >= 0.3 is 0 Å². The molecular weight excluding hydrogens is 194 g/mol. The molecule has 1 heterocycles. The van der Waals surface area contributed by atoms with Crippen LogP contribution in [0.2, 0.25) is 0 Å². The second-order valence-corrected chi connectivity index (χ2v) is 3.00. The largest absolute Gasteiger partial charge is 0.480 e. The van der Waals surface area contributed by atoms with Gasteiger partial charge in [0.2, 0.25) is 11.8 Å². The number of nitrogens with one attached hydrogen (secondary N) is 1. The van der Waals surface area contributed by atoms with Crippen LogP contribution in [0.25, 0.3) is 0 Å². The van der Waals surface area contributed by atoms with Crippen LogP contribution in [-0.4, -0.2) is 36.8 Å². The van der Waals surface area contributed by atoms with Gasteiger partial charge in [-0.15, -0.1) is 0 Å². The molecular formula is C10H17N3O2. The summed E-state index contributed by atoms with van der Waals surface area (Å²) in [5, 5.41) is 3.23. The fraction of sp³-hybridized carbons (Fsp3) is 0.600. The lowest BCUT2D eigenvalue weighted by Gasteiger charge is -2.06. The summed E-state index contributed by atoms with van der Waals surface area (Å²) >= 11 is 0. The smallest absolute Gasteiger partial charge is 0.235 e. The summed E-state index contributed by atoms with van der Waals surface area (Å²) in [6.45, 7) is 4.53. The molecule has 1 aromatic rings. The average molecular weight is 211 g/mol. The highest BCUT2D eigenvalue weighted by molar-refractivity contribution is 5.12. The predicted octanol–water partition coefficient (Wildman–Crippen LogP) is 0.864. The van der Waals surface area contributed by atoms with Crippen LogP contribution in [0.4, 0.5) is 0 Å². The highest BCUT2D eigenvalue weighted by Gasteiger charge is 1.98. The predicted molar refractivity (Wildman–Crippen MR) is 57.2 cm³/mol. The molecule has 0 spiro atoms. The van der Waals surface area contributed by atoms with Crippen molar-refractivity contribution < 1.29 is 9.47 Å². The van der Waals surface area contributed by atoms with E-state index in [4.69, 9.17) is 9.47 Å². The first-order valence-corrected chi connectivity index (χ1v) is 5.06. The normalized spacial score (nSPS) is 10.0. The molecule has 84 valence electrons. The third-order valence-corrected chi connectivity index (χ3v) is 1.76. The summed E-state index contributed by atoms with van der Waals surface area (Å²) in [6.07, 6.45) is 4.24. The molecule has 1 rings (SSSR count). The number of hydrogen-bond acceptors (Lipinski definition) is 5. The molecule has 0 aromatic carbocycles. The SMILES string of the molecule is CCCNCCOc1cncc(OC)n1. The lowest BCUT2D eigenvalue weighted by atomic mass is 10.5. The minimum atomic E-state index is 0.467. The Labute approximate surface area is 89.8 Å². The Morgan fingerprint density at radius 1 is 1.27 bits per heavy atom. The Kier molecular flexibility index (Phi) is 5.47. The molecule has 0 bridgehead atoms. The highest BCUT2D eigenvalue weighted by Crippen LogP contribution is 2.09. The van der Waals surface area contributed by atoms with Gasteiger partial charge in [0.05, 0.1) is 19.5 Å². The molecule has 0 aliphatic rings. The molecule has 0 saturated carbocycles. The fourth-order valence-corrected chi connectivity index (χ4v) is 1.03. The molecule has 5 heteroatoms. The van der Waals surface area contributed by atoms with Crippen molar-refractivity contribution in [2.75, 3.05) is 26.8 Å². The first-order chi connectivity index (χ1) is 7.36. The van der Waals surface area contributed by atoms with Crippen LogP contribution in [0.3, 0.4) is 0 Å². The molecule has 0 aliphatic heterocycles. The van der Waals surface area contributed by atoms with Gasteiger partial charge in [-0.1, -0.05) is 6.92 Å². The average Bonchev–Trinajstić information content (AvgIpc) is 2.29. The van der Waals surface area contributed by atoms with Crippen molar-refractivity contribution in [1.82, 2.24) is 15.3 Å². The van der Waals surface area contributed by atoms with Gasteiger partial charge in [-0.3, -0.25) is 4.98 Å². The lowest BCUT2D eigenvalue weighted by molar-refractivity contribution is 0.293. The maximum atomic E-state index is 5.38. The van der Waals surface area contributed by atoms with E-state index >= 15 is 0 Å². The first-order valence-electron chi connectivity index (χ1n) is 5.06. The number of ether oxygens (including phenoxy) is 2. The number of rotatable bonds is 7. The van der Waals surface area contributed by atoms with Gasteiger partial charge < -0.3 is 14.8 Å². The Bertz CT molecular complexity index is 281. The Balaban J connectivity index is 2.24. The lowest BCUT2D eigenvalue weighted by Crippen LogP contribution is -2.21. The van der Waals surface area contributed by atoms with Crippen LogP contribution >= 0.6 is 0 Å². The number of hydrogen-bond donors (Lipinski definition) is 1. The molecule has 1 N–H and O–H groups in total. The van der Waals surface area contributed by atoms with E-state index in [1.54, 1.807) is 19.5 Å². The zero-order chi connectivity index (χ0) is 10.9. The van der Waals surface area contributed by atoms with E-state index in [9.17, 15) is 0 Å². The molecule has 0 saturated heterocycles. The first kappa shape index (κ1) is 11.7. The molecule has 0 radical (unpaired) electrons. The summed E-state index contributed by atoms with van der Waals surface area (Å²) < 4.78 is 10.3. The zero-order valence-electron chi connectivity index (χ0n) is 9.19. The summed E-state index contributed by atoms with van der Waals surface area (Å²) in [6, 6.07) is 0. The molecule has 1 aromatic heterocycles. The standard InChI is InChI=1S/C10H17N3O2/c1-3-4-11-5-6-15-10-8-12-7-9(13-10)14-2/h7-8,11H,3-6H2,1-2H3. The minimum absolute atomic E-state index is 0.467. The second kappa shape index (κ2) is 7.00. The van der Waals surface area contributed by atoms with E-state index in [0.717, 1.165) is 19.5 Å². The van der Waals surface area contributed by atoms with Gasteiger partial charge in [0.1, 0.15) is 6.61 Å². The van der Waals surface area contributed by atoms with Gasteiger partial charge in [0.15, 0.2) is 0 Å². The van der Waals surface area contributed by atoms with Crippen molar-refractivity contribution >= 4 is 0 Å². The van der Waals surface area contributed by atoms with Gasteiger partial charge in [0.25, 0.3) is 0 Å². The summed E-state index contributed by atoms with van der Waals surface area (Å²) in [5.41, 5.74) is 0. The molecule has 0 amide bonds. The van der Waals surface area contributed by atoms with E-state index in [-0.39, 0.29) is 0 Å². The van der Waals surface area contributed by atoms with Crippen LogP contribution in [0, 0.1) is 0 Å². The van der Waals surface area contributed by atoms with E-state index in [1.807, 2.05) is 0 Å². The number of methoxy groups -OCH3 is 1. The molecule has 0 atom stereocenters. The molecule has 0 unspecified atom stereocenters. The number of aromatic nitrogens is 2. The van der Waals surface area contributed by atoms with Crippen molar-refractivity contribution in [3.8, 4) is 11.8 Å². The molecule has 5 nitrogen and oxygen atoms in total. The van der Waals surface area contributed by atoms with Gasteiger partial charge in [-0.25, -0.2) is 0 Å². The maximum absolute atomic E-state index is 5.38.